The highest BCUT2D eigenvalue weighted by Crippen LogP contribution is 2.41. The molecule has 0 unspecified atom stereocenters. The first-order valence-electron chi connectivity index (χ1n) is 13.0. The maximum atomic E-state index is 12.2. The summed E-state index contributed by atoms with van der Waals surface area (Å²) in [6, 6.07) is 11.2. The van der Waals surface area contributed by atoms with Crippen LogP contribution in [0.4, 0.5) is 16.3 Å². The van der Waals surface area contributed by atoms with Crippen LogP contribution in [0, 0.1) is 6.92 Å². The van der Waals surface area contributed by atoms with Crippen LogP contribution >= 0.6 is 0 Å². The Hall–Kier alpha value is -5.04. The molecule has 0 saturated carbocycles. The number of ether oxygens (including phenoxy) is 2. The van der Waals surface area contributed by atoms with Gasteiger partial charge >= 0.3 is 6.09 Å². The van der Waals surface area contributed by atoms with E-state index in [1.165, 1.54) is 11.2 Å². The summed E-state index contributed by atoms with van der Waals surface area (Å²) >= 11 is 0. The third kappa shape index (κ3) is 4.80. The zero-order chi connectivity index (χ0) is 28.7. The Morgan fingerprint density at radius 2 is 1.93 bits per heavy atom. The summed E-state index contributed by atoms with van der Waals surface area (Å²) in [5.74, 6) is 2.21. The molecule has 1 fully saturated rings. The van der Waals surface area contributed by atoms with Gasteiger partial charge in [-0.25, -0.2) is 19.7 Å². The van der Waals surface area contributed by atoms with Crippen molar-refractivity contribution in [3.63, 3.8) is 0 Å². The minimum absolute atomic E-state index is 0.385. The van der Waals surface area contributed by atoms with Crippen molar-refractivity contribution < 1.29 is 19.4 Å². The Kier molecular flexibility index (Phi) is 6.50. The summed E-state index contributed by atoms with van der Waals surface area (Å²) in [6.07, 6.45) is 3.69. The zero-order valence-electron chi connectivity index (χ0n) is 23.1. The number of carboxylic acid groups (broad SMARTS) is 1. The quantitative estimate of drug-likeness (QED) is 0.313. The van der Waals surface area contributed by atoms with E-state index < -0.39 is 11.6 Å². The Labute approximate surface area is 235 Å². The van der Waals surface area contributed by atoms with E-state index >= 15 is 0 Å². The number of carbonyl (C=O) groups is 1. The highest BCUT2D eigenvalue weighted by molar-refractivity contribution is 5.92. The molecule has 0 aliphatic carbocycles. The van der Waals surface area contributed by atoms with Crippen LogP contribution < -0.4 is 14.8 Å². The lowest BCUT2D eigenvalue weighted by atomic mass is 9.86. The molecule has 41 heavy (non-hydrogen) atoms. The molecule has 210 valence electrons. The average Bonchev–Trinajstić information content (AvgIpc) is 3.42. The second-order valence-corrected chi connectivity index (χ2v) is 10.3. The number of hydrogen-bond acceptors (Lipinski definition) is 10. The van der Waals surface area contributed by atoms with Crippen LogP contribution in [0.25, 0.3) is 16.6 Å². The Morgan fingerprint density at radius 3 is 2.71 bits per heavy atom. The van der Waals surface area contributed by atoms with Crippen LogP contribution in [-0.4, -0.2) is 84.3 Å². The fraction of sp³-hybridized carbons (Fsp3) is 0.286. The maximum absolute atomic E-state index is 12.2. The predicted octanol–water partition coefficient (Wildman–Crippen LogP) is 4.06. The Balaban J connectivity index is 1.34. The third-order valence-electron chi connectivity index (χ3n) is 7.46. The lowest BCUT2D eigenvalue weighted by Crippen LogP contribution is -2.59. The number of amides is 1. The number of piperazine rings is 1. The molecule has 1 atom stereocenters. The largest absolute Gasteiger partial charge is 0.496 e. The second kappa shape index (κ2) is 10.2. The smallest absolute Gasteiger partial charge is 0.408 e. The molecule has 2 aromatic carbocycles. The number of aryl methyl sites for hydroxylation is 1. The molecule has 4 heterocycles. The summed E-state index contributed by atoms with van der Waals surface area (Å²) in [5.41, 5.74) is 2.89. The number of methoxy groups -OCH3 is 1. The predicted molar refractivity (Wildman–Crippen MR) is 151 cm³/mol. The summed E-state index contributed by atoms with van der Waals surface area (Å²) in [6.45, 7) is 5.42. The Bertz CT molecular complexity index is 1770. The van der Waals surface area contributed by atoms with E-state index in [2.05, 4.69) is 35.4 Å². The number of nitrogens with one attached hydrogen (secondary N) is 1. The van der Waals surface area contributed by atoms with Crippen molar-refractivity contribution in [1.29, 1.82) is 0 Å². The summed E-state index contributed by atoms with van der Waals surface area (Å²) in [4.78, 5) is 29.1. The van der Waals surface area contributed by atoms with Gasteiger partial charge in [-0.1, -0.05) is 0 Å². The van der Waals surface area contributed by atoms with Crippen molar-refractivity contribution >= 4 is 34.1 Å². The highest BCUT2D eigenvalue weighted by Gasteiger charge is 2.43. The summed E-state index contributed by atoms with van der Waals surface area (Å²) in [5, 5.41) is 22.1. The first-order valence-corrected chi connectivity index (χ1v) is 13.0. The van der Waals surface area contributed by atoms with E-state index in [1.807, 2.05) is 51.2 Å². The molecule has 0 spiro atoms. The molecule has 3 aromatic heterocycles. The van der Waals surface area contributed by atoms with Gasteiger partial charge in [0.05, 0.1) is 18.2 Å². The molecule has 0 bridgehead atoms. The van der Waals surface area contributed by atoms with Gasteiger partial charge in [0.1, 0.15) is 36.3 Å². The van der Waals surface area contributed by atoms with E-state index in [0.29, 0.717) is 54.0 Å². The second-order valence-electron chi connectivity index (χ2n) is 10.3. The van der Waals surface area contributed by atoms with Gasteiger partial charge in [-0.05, 0) is 50.7 Å². The maximum Gasteiger partial charge on any atom is 0.408 e. The minimum atomic E-state index is -0.972. The molecule has 0 radical (unpaired) electrons. The third-order valence-corrected chi connectivity index (χ3v) is 7.46. The van der Waals surface area contributed by atoms with E-state index in [4.69, 9.17) is 9.47 Å². The molecular weight excluding hydrogens is 526 g/mol. The fourth-order valence-corrected chi connectivity index (χ4v) is 5.38. The lowest BCUT2D eigenvalue weighted by Gasteiger charge is -2.47. The van der Waals surface area contributed by atoms with E-state index in [1.54, 1.807) is 30.2 Å². The SMILES string of the molecule is COc1cc2ncnc(Nc3ccc(Oc4cc5nncn5cn4)c(C)c3)c2cc1[C@]1(C)CN(C)CCN1C(=O)O. The van der Waals surface area contributed by atoms with Gasteiger partial charge in [-0.15, -0.1) is 10.2 Å². The Morgan fingerprint density at radius 1 is 1.07 bits per heavy atom. The molecule has 5 aromatic rings. The van der Waals surface area contributed by atoms with E-state index in [-0.39, 0.29) is 0 Å². The van der Waals surface area contributed by atoms with Crippen LogP contribution in [0.1, 0.15) is 18.1 Å². The van der Waals surface area contributed by atoms with Crippen LogP contribution in [0.15, 0.2) is 55.4 Å². The van der Waals surface area contributed by atoms with Gasteiger partial charge in [-0.2, -0.15) is 0 Å². The normalized spacial score (nSPS) is 17.6. The molecule has 13 heteroatoms. The number of nitrogens with zero attached hydrogens (tertiary/aromatic N) is 8. The topological polar surface area (TPSA) is 143 Å². The molecule has 2 N–H and O–H groups in total. The van der Waals surface area contributed by atoms with Gasteiger partial charge in [0, 0.05) is 48.4 Å². The monoisotopic (exact) mass is 555 g/mol. The van der Waals surface area contributed by atoms with Gasteiger partial charge in [0.2, 0.25) is 5.88 Å². The first-order chi connectivity index (χ1) is 19.7. The van der Waals surface area contributed by atoms with Crippen molar-refractivity contribution in [3.8, 4) is 17.4 Å². The van der Waals surface area contributed by atoms with Gasteiger partial charge in [-0.3, -0.25) is 9.30 Å². The van der Waals surface area contributed by atoms with Gasteiger partial charge in [0.25, 0.3) is 0 Å². The zero-order valence-corrected chi connectivity index (χ0v) is 23.1. The number of hydrogen-bond donors (Lipinski definition) is 2. The van der Waals surface area contributed by atoms with Crippen LogP contribution in [0.2, 0.25) is 0 Å². The van der Waals surface area contributed by atoms with Crippen molar-refractivity contribution in [1.82, 2.24) is 39.3 Å². The number of anilines is 2. The molecule has 1 amide bonds. The average molecular weight is 556 g/mol. The van der Waals surface area contributed by atoms with E-state index in [9.17, 15) is 9.90 Å². The van der Waals surface area contributed by atoms with Crippen molar-refractivity contribution in [2.75, 3.05) is 39.1 Å². The fourth-order valence-electron chi connectivity index (χ4n) is 5.38. The lowest BCUT2D eigenvalue weighted by molar-refractivity contribution is 0.0220. The minimum Gasteiger partial charge on any atom is -0.496 e. The molecule has 1 aliphatic heterocycles. The first kappa shape index (κ1) is 26.2. The van der Waals surface area contributed by atoms with Crippen molar-refractivity contribution in [2.24, 2.45) is 0 Å². The number of fused-ring (bicyclic) bond motifs is 2. The number of aromatic nitrogens is 6. The van der Waals surface area contributed by atoms with Crippen LogP contribution in [0.3, 0.4) is 0 Å². The number of likely N-dealkylation sites (N-methyl/N-ethyl adjacent to an activating group) is 1. The van der Waals surface area contributed by atoms with Gasteiger partial charge < -0.3 is 24.8 Å². The van der Waals surface area contributed by atoms with Crippen molar-refractivity contribution in [3.05, 3.63) is 66.5 Å². The molecule has 6 rings (SSSR count). The highest BCUT2D eigenvalue weighted by atomic mass is 16.5. The van der Waals surface area contributed by atoms with Crippen LogP contribution in [-0.2, 0) is 5.54 Å². The molecule has 1 saturated heterocycles. The van der Waals surface area contributed by atoms with E-state index in [0.717, 1.165) is 22.2 Å². The molecule has 1 aliphatic rings. The summed E-state index contributed by atoms with van der Waals surface area (Å²) < 4.78 is 13.4. The number of benzene rings is 2. The van der Waals surface area contributed by atoms with Gasteiger partial charge in [0.15, 0.2) is 5.65 Å². The molecular formula is C28H29N9O4. The van der Waals surface area contributed by atoms with Crippen molar-refractivity contribution in [2.45, 2.75) is 19.4 Å². The standard InChI is InChI=1S/C28H29N9O4/c1-17-9-18(5-6-22(17)41-25-12-24-34-32-16-36(24)15-31-25)33-26-19-10-20(23(40-4)11-21(19)29-14-30-26)28(2)13-35(3)7-8-37(28)27(38)39/h5-6,9-12,14-16H,7-8,13H2,1-4H3,(H,38,39)(H,29,30,33)/t28-/m0/s1. The molecule has 13 nitrogen and oxygen atoms in total. The number of rotatable bonds is 6. The summed E-state index contributed by atoms with van der Waals surface area (Å²) in [7, 11) is 3.57. The van der Waals surface area contributed by atoms with Crippen LogP contribution in [0.5, 0.6) is 17.4 Å².